The minimum atomic E-state index is -0.0891. The number of hydrogen-bond acceptors (Lipinski definition) is 1. The van der Waals surface area contributed by atoms with E-state index in [1.54, 1.807) is 0 Å². The SMILES string of the molecule is CCCCc1ccc2[nH]cc(Cl)c(=O)c2c1. The van der Waals surface area contributed by atoms with Gasteiger partial charge in [0, 0.05) is 17.1 Å². The molecule has 0 saturated carbocycles. The largest absolute Gasteiger partial charge is 0.360 e. The highest BCUT2D eigenvalue weighted by atomic mass is 35.5. The molecule has 1 heterocycles. The maximum atomic E-state index is 11.8. The van der Waals surface area contributed by atoms with Crippen LogP contribution in [-0.4, -0.2) is 4.98 Å². The van der Waals surface area contributed by atoms with Gasteiger partial charge in [0.05, 0.1) is 0 Å². The molecule has 0 amide bonds. The van der Waals surface area contributed by atoms with Gasteiger partial charge in [-0.15, -0.1) is 0 Å². The molecule has 2 rings (SSSR count). The van der Waals surface area contributed by atoms with E-state index >= 15 is 0 Å². The Labute approximate surface area is 99.3 Å². The van der Waals surface area contributed by atoms with E-state index in [1.165, 1.54) is 11.8 Å². The Morgan fingerprint density at radius 1 is 1.38 bits per heavy atom. The fourth-order valence-corrected chi connectivity index (χ4v) is 1.93. The van der Waals surface area contributed by atoms with Crippen LogP contribution >= 0.6 is 11.6 Å². The van der Waals surface area contributed by atoms with E-state index in [2.05, 4.69) is 18.0 Å². The summed E-state index contributed by atoms with van der Waals surface area (Å²) >= 11 is 5.80. The number of hydrogen-bond donors (Lipinski definition) is 1. The number of aromatic amines is 1. The van der Waals surface area contributed by atoms with Crippen LogP contribution in [0, 0.1) is 0 Å². The molecule has 84 valence electrons. The number of benzene rings is 1. The first-order valence-electron chi connectivity index (χ1n) is 5.52. The summed E-state index contributed by atoms with van der Waals surface area (Å²) in [4.78, 5) is 14.8. The Morgan fingerprint density at radius 2 is 2.19 bits per heavy atom. The second-order valence-corrected chi connectivity index (χ2v) is 4.36. The molecule has 0 aliphatic rings. The molecule has 0 fully saturated rings. The number of halogens is 1. The number of pyridine rings is 1. The number of rotatable bonds is 3. The number of fused-ring (bicyclic) bond motifs is 1. The van der Waals surface area contributed by atoms with Gasteiger partial charge >= 0.3 is 0 Å². The first kappa shape index (κ1) is 11.2. The van der Waals surface area contributed by atoms with Crippen molar-refractivity contribution in [1.82, 2.24) is 4.98 Å². The summed E-state index contributed by atoms with van der Waals surface area (Å²) < 4.78 is 0. The average Bonchev–Trinajstić information content (AvgIpc) is 2.31. The van der Waals surface area contributed by atoms with Crippen LogP contribution in [0.3, 0.4) is 0 Å². The van der Waals surface area contributed by atoms with Crippen LogP contribution in [0.5, 0.6) is 0 Å². The van der Waals surface area contributed by atoms with Crippen molar-refractivity contribution < 1.29 is 0 Å². The molecule has 16 heavy (non-hydrogen) atoms. The highest BCUT2D eigenvalue weighted by Gasteiger charge is 2.03. The van der Waals surface area contributed by atoms with Gasteiger partial charge < -0.3 is 4.98 Å². The van der Waals surface area contributed by atoms with Gasteiger partial charge in [0.15, 0.2) is 0 Å². The van der Waals surface area contributed by atoms with Crippen LogP contribution in [0.25, 0.3) is 10.9 Å². The van der Waals surface area contributed by atoms with Crippen molar-refractivity contribution in [3.8, 4) is 0 Å². The highest BCUT2D eigenvalue weighted by Crippen LogP contribution is 2.14. The molecule has 0 aliphatic carbocycles. The summed E-state index contributed by atoms with van der Waals surface area (Å²) in [5.41, 5.74) is 1.95. The van der Waals surface area contributed by atoms with Gasteiger partial charge in [0.1, 0.15) is 5.02 Å². The number of aryl methyl sites for hydroxylation is 1. The van der Waals surface area contributed by atoms with E-state index in [9.17, 15) is 4.79 Å². The quantitative estimate of drug-likeness (QED) is 0.868. The van der Waals surface area contributed by atoms with Crippen LogP contribution < -0.4 is 5.43 Å². The number of nitrogens with one attached hydrogen (secondary N) is 1. The molecule has 0 spiro atoms. The van der Waals surface area contributed by atoms with Crippen LogP contribution in [0.15, 0.2) is 29.2 Å². The number of unbranched alkanes of at least 4 members (excludes halogenated alkanes) is 1. The normalized spacial score (nSPS) is 10.9. The summed E-state index contributed by atoms with van der Waals surface area (Å²) in [5.74, 6) is 0. The molecule has 2 aromatic rings. The zero-order valence-electron chi connectivity index (χ0n) is 9.22. The first-order chi connectivity index (χ1) is 7.72. The molecule has 1 N–H and O–H groups in total. The van der Waals surface area contributed by atoms with Gasteiger partial charge in [-0.25, -0.2) is 0 Å². The molecule has 0 bridgehead atoms. The zero-order valence-corrected chi connectivity index (χ0v) is 9.97. The van der Waals surface area contributed by atoms with Crippen LogP contribution in [0.1, 0.15) is 25.3 Å². The lowest BCUT2D eigenvalue weighted by Crippen LogP contribution is -2.03. The minimum absolute atomic E-state index is 0.0891. The van der Waals surface area contributed by atoms with Crippen molar-refractivity contribution in [2.75, 3.05) is 0 Å². The first-order valence-corrected chi connectivity index (χ1v) is 5.90. The Bertz CT molecular complexity index is 559. The molecule has 0 aliphatic heterocycles. The van der Waals surface area contributed by atoms with Crippen LogP contribution in [-0.2, 0) is 6.42 Å². The van der Waals surface area contributed by atoms with Gasteiger partial charge in [0.25, 0.3) is 0 Å². The third-order valence-corrected chi connectivity index (χ3v) is 3.00. The fourth-order valence-electron chi connectivity index (χ4n) is 1.78. The minimum Gasteiger partial charge on any atom is -0.360 e. The average molecular weight is 236 g/mol. The Hall–Kier alpha value is -1.28. The fraction of sp³-hybridized carbons (Fsp3) is 0.308. The van der Waals surface area contributed by atoms with Gasteiger partial charge in [0.2, 0.25) is 5.43 Å². The third kappa shape index (κ3) is 2.12. The van der Waals surface area contributed by atoms with Crippen molar-refractivity contribution in [2.45, 2.75) is 26.2 Å². The molecule has 2 nitrogen and oxygen atoms in total. The summed E-state index contributed by atoms with van der Waals surface area (Å²) in [6.07, 6.45) is 4.85. The maximum absolute atomic E-state index is 11.8. The smallest absolute Gasteiger partial charge is 0.207 e. The molecular formula is C13H14ClNO. The van der Waals surface area contributed by atoms with Gasteiger partial charge in [-0.1, -0.05) is 31.0 Å². The van der Waals surface area contributed by atoms with E-state index in [1.807, 2.05) is 12.1 Å². The lowest BCUT2D eigenvalue weighted by molar-refractivity contribution is 0.796. The van der Waals surface area contributed by atoms with Gasteiger partial charge in [-0.05, 0) is 30.5 Å². The summed E-state index contributed by atoms with van der Waals surface area (Å²) in [6, 6.07) is 5.94. The van der Waals surface area contributed by atoms with Crippen molar-refractivity contribution >= 4 is 22.5 Å². The zero-order chi connectivity index (χ0) is 11.5. The maximum Gasteiger partial charge on any atom is 0.207 e. The standard InChI is InChI=1S/C13H14ClNO/c1-2-3-4-9-5-6-12-10(7-9)13(16)11(14)8-15-12/h5-8H,2-4H2,1H3,(H,15,16). The van der Waals surface area contributed by atoms with Crippen molar-refractivity contribution in [2.24, 2.45) is 0 Å². The van der Waals surface area contributed by atoms with E-state index in [0.717, 1.165) is 24.8 Å². The lowest BCUT2D eigenvalue weighted by Gasteiger charge is -2.03. The Kier molecular flexibility index (Phi) is 3.30. The van der Waals surface area contributed by atoms with Crippen molar-refractivity contribution in [1.29, 1.82) is 0 Å². The number of aromatic nitrogens is 1. The Balaban J connectivity index is 2.51. The molecule has 0 radical (unpaired) electrons. The highest BCUT2D eigenvalue weighted by molar-refractivity contribution is 6.31. The topological polar surface area (TPSA) is 32.9 Å². The number of H-pyrrole nitrogens is 1. The molecule has 1 aromatic heterocycles. The third-order valence-electron chi connectivity index (χ3n) is 2.72. The monoisotopic (exact) mass is 235 g/mol. The second-order valence-electron chi connectivity index (χ2n) is 3.95. The Morgan fingerprint density at radius 3 is 2.94 bits per heavy atom. The van der Waals surface area contributed by atoms with E-state index in [4.69, 9.17) is 11.6 Å². The summed E-state index contributed by atoms with van der Waals surface area (Å²) in [7, 11) is 0. The van der Waals surface area contributed by atoms with E-state index in [-0.39, 0.29) is 10.5 Å². The molecule has 0 unspecified atom stereocenters. The van der Waals surface area contributed by atoms with Gasteiger partial charge in [-0.3, -0.25) is 4.79 Å². The molecule has 1 aromatic carbocycles. The predicted molar refractivity (Wildman–Crippen MR) is 68.2 cm³/mol. The van der Waals surface area contributed by atoms with Crippen molar-refractivity contribution in [3.63, 3.8) is 0 Å². The second kappa shape index (κ2) is 4.71. The lowest BCUT2D eigenvalue weighted by atomic mass is 10.1. The summed E-state index contributed by atoms with van der Waals surface area (Å²) in [5, 5.41) is 0.932. The van der Waals surface area contributed by atoms with Gasteiger partial charge in [-0.2, -0.15) is 0 Å². The molecule has 0 atom stereocenters. The van der Waals surface area contributed by atoms with Crippen molar-refractivity contribution in [3.05, 3.63) is 45.2 Å². The molecule has 3 heteroatoms. The summed E-state index contributed by atoms with van der Waals surface area (Å²) in [6.45, 7) is 2.16. The molecular weight excluding hydrogens is 222 g/mol. The van der Waals surface area contributed by atoms with E-state index < -0.39 is 0 Å². The van der Waals surface area contributed by atoms with E-state index in [0.29, 0.717) is 5.39 Å². The van der Waals surface area contributed by atoms with Crippen LogP contribution in [0.2, 0.25) is 5.02 Å². The molecule has 0 saturated heterocycles. The van der Waals surface area contributed by atoms with Crippen LogP contribution in [0.4, 0.5) is 0 Å². The predicted octanol–water partition coefficient (Wildman–Crippen LogP) is 3.52.